The lowest BCUT2D eigenvalue weighted by Crippen LogP contribution is -2.56. The SMILES string of the molecule is CCOc1cc(C(=O)OCC(=O)NC(C)C23CC4CC(CC(C4)C2)C3)ccc1OC. The van der Waals surface area contributed by atoms with Crippen LogP contribution < -0.4 is 14.8 Å². The van der Waals surface area contributed by atoms with E-state index < -0.39 is 5.97 Å². The fraction of sp³-hybridized carbons (Fsp3) is 0.667. The molecule has 0 radical (unpaired) electrons. The minimum absolute atomic E-state index is 0.114. The standard InChI is InChI=1S/C24H33NO5/c1-4-29-21-10-19(5-6-20(21)28-3)23(27)30-14-22(26)25-15(2)24-11-16-7-17(12-24)9-18(8-16)13-24/h5-6,10,15-18H,4,7-9,11-14H2,1-3H3,(H,25,26). The average Bonchev–Trinajstić information content (AvgIpc) is 2.71. The first-order valence-electron chi connectivity index (χ1n) is 11.2. The fourth-order valence-electron chi connectivity index (χ4n) is 6.43. The summed E-state index contributed by atoms with van der Waals surface area (Å²) in [5.74, 6) is 2.76. The number of ether oxygens (including phenoxy) is 3. The van der Waals surface area contributed by atoms with Gasteiger partial charge in [0, 0.05) is 6.04 Å². The van der Waals surface area contributed by atoms with Crippen LogP contribution in [0.15, 0.2) is 18.2 Å². The van der Waals surface area contributed by atoms with Crippen molar-refractivity contribution in [2.75, 3.05) is 20.3 Å². The van der Waals surface area contributed by atoms with Crippen LogP contribution in [0.4, 0.5) is 0 Å². The Morgan fingerprint density at radius 3 is 2.30 bits per heavy atom. The van der Waals surface area contributed by atoms with Gasteiger partial charge in [-0.3, -0.25) is 4.79 Å². The molecule has 4 bridgehead atoms. The second-order valence-corrected chi connectivity index (χ2v) is 9.44. The van der Waals surface area contributed by atoms with Gasteiger partial charge in [-0.05, 0) is 93.7 Å². The van der Waals surface area contributed by atoms with Gasteiger partial charge in [-0.2, -0.15) is 0 Å². The summed E-state index contributed by atoms with van der Waals surface area (Å²) >= 11 is 0. The summed E-state index contributed by atoms with van der Waals surface area (Å²) in [4.78, 5) is 24.9. The van der Waals surface area contributed by atoms with E-state index in [1.54, 1.807) is 25.3 Å². The lowest BCUT2D eigenvalue weighted by molar-refractivity contribution is -0.128. The molecule has 4 aliphatic rings. The van der Waals surface area contributed by atoms with Gasteiger partial charge in [-0.1, -0.05) is 0 Å². The monoisotopic (exact) mass is 415 g/mol. The molecule has 0 heterocycles. The zero-order chi connectivity index (χ0) is 21.3. The highest BCUT2D eigenvalue weighted by atomic mass is 16.5. The zero-order valence-electron chi connectivity index (χ0n) is 18.2. The number of methoxy groups -OCH3 is 1. The molecular weight excluding hydrogens is 382 g/mol. The van der Waals surface area contributed by atoms with Crippen molar-refractivity contribution in [3.05, 3.63) is 23.8 Å². The maximum absolute atomic E-state index is 12.5. The Kier molecular flexibility index (Phi) is 5.94. The Morgan fingerprint density at radius 1 is 1.10 bits per heavy atom. The molecule has 0 aliphatic heterocycles. The van der Waals surface area contributed by atoms with Crippen LogP contribution in [-0.2, 0) is 9.53 Å². The number of esters is 1. The van der Waals surface area contributed by atoms with Gasteiger partial charge in [-0.15, -0.1) is 0 Å². The van der Waals surface area contributed by atoms with Gasteiger partial charge in [0.15, 0.2) is 18.1 Å². The van der Waals surface area contributed by atoms with Gasteiger partial charge in [0.2, 0.25) is 0 Å². The van der Waals surface area contributed by atoms with Gasteiger partial charge < -0.3 is 19.5 Å². The molecule has 1 atom stereocenters. The maximum atomic E-state index is 12.5. The van der Waals surface area contributed by atoms with Crippen molar-refractivity contribution in [3.63, 3.8) is 0 Å². The van der Waals surface area contributed by atoms with E-state index in [0.717, 1.165) is 17.8 Å². The third kappa shape index (κ3) is 4.14. The van der Waals surface area contributed by atoms with Gasteiger partial charge in [0.05, 0.1) is 19.3 Å². The summed E-state index contributed by atoms with van der Waals surface area (Å²) in [7, 11) is 1.55. The van der Waals surface area contributed by atoms with Crippen molar-refractivity contribution in [2.24, 2.45) is 23.2 Å². The summed E-state index contributed by atoms with van der Waals surface area (Å²) in [5, 5.41) is 3.13. The maximum Gasteiger partial charge on any atom is 0.338 e. The number of hydrogen-bond donors (Lipinski definition) is 1. The smallest absolute Gasteiger partial charge is 0.338 e. The van der Waals surface area contributed by atoms with Crippen LogP contribution >= 0.6 is 0 Å². The second-order valence-electron chi connectivity index (χ2n) is 9.44. The van der Waals surface area contributed by atoms with E-state index in [-0.39, 0.29) is 24.0 Å². The first-order chi connectivity index (χ1) is 14.4. The summed E-state index contributed by atoms with van der Waals surface area (Å²) in [6, 6.07) is 4.97. The van der Waals surface area contributed by atoms with Crippen LogP contribution in [0, 0.1) is 23.2 Å². The van der Waals surface area contributed by atoms with E-state index >= 15 is 0 Å². The molecule has 4 aliphatic carbocycles. The van der Waals surface area contributed by atoms with Crippen LogP contribution in [-0.4, -0.2) is 38.2 Å². The number of carbonyl (C=O) groups is 2. The summed E-state index contributed by atoms with van der Waals surface area (Å²) in [6.07, 6.45) is 7.82. The Bertz CT molecular complexity index is 770. The minimum atomic E-state index is -0.545. The highest BCUT2D eigenvalue weighted by Crippen LogP contribution is 2.61. The topological polar surface area (TPSA) is 73.9 Å². The first kappa shape index (κ1) is 21.0. The average molecular weight is 416 g/mol. The van der Waals surface area contributed by atoms with Crippen molar-refractivity contribution in [1.82, 2.24) is 5.32 Å². The highest BCUT2D eigenvalue weighted by Gasteiger charge is 2.53. The summed E-state index contributed by atoms with van der Waals surface area (Å²) < 4.78 is 16.0. The molecule has 164 valence electrons. The van der Waals surface area contributed by atoms with Crippen molar-refractivity contribution >= 4 is 11.9 Å². The van der Waals surface area contributed by atoms with Crippen LogP contribution in [0.5, 0.6) is 11.5 Å². The summed E-state index contributed by atoms with van der Waals surface area (Å²) in [5.41, 5.74) is 0.567. The lowest BCUT2D eigenvalue weighted by atomic mass is 9.48. The molecule has 1 amide bonds. The molecular formula is C24H33NO5. The molecule has 0 aromatic heterocycles. The molecule has 1 unspecified atom stereocenters. The minimum Gasteiger partial charge on any atom is -0.493 e. The van der Waals surface area contributed by atoms with Gasteiger partial charge >= 0.3 is 5.97 Å². The van der Waals surface area contributed by atoms with Gasteiger partial charge in [-0.25, -0.2) is 4.79 Å². The first-order valence-corrected chi connectivity index (χ1v) is 11.2. The Balaban J connectivity index is 1.31. The van der Waals surface area contributed by atoms with E-state index in [9.17, 15) is 9.59 Å². The quantitative estimate of drug-likeness (QED) is 0.651. The normalized spacial score (nSPS) is 29.9. The number of nitrogens with one attached hydrogen (secondary N) is 1. The Labute approximate surface area is 178 Å². The van der Waals surface area contributed by atoms with E-state index in [1.807, 2.05) is 6.92 Å². The van der Waals surface area contributed by atoms with Gasteiger partial charge in [0.25, 0.3) is 5.91 Å². The number of benzene rings is 1. The predicted molar refractivity (Wildman–Crippen MR) is 113 cm³/mol. The molecule has 0 spiro atoms. The fourth-order valence-corrected chi connectivity index (χ4v) is 6.43. The van der Waals surface area contributed by atoms with Crippen LogP contribution in [0.2, 0.25) is 0 Å². The van der Waals surface area contributed by atoms with Crippen molar-refractivity contribution < 1.29 is 23.8 Å². The molecule has 4 saturated carbocycles. The zero-order valence-corrected chi connectivity index (χ0v) is 18.2. The van der Waals surface area contributed by atoms with E-state index in [2.05, 4.69) is 12.2 Å². The molecule has 5 rings (SSSR count). The molecule has 1 N–H and O–H groups in total. The van der Waals surface area contributed by atoms with Crippen molar-refractivity contribution in [1.29, 1.82) is 0 Å². The predicted octanol–water partition coefficient (Wildman–Crippen LogP) is 3.97. The number of hydrogen-bond acceptors (Lipinski definition) is 5. The van der Waals surface area contributed by atoms with Crippen LogP contribution in [0.25, 0.3) is 0 Å². The molecule has 6 nitrogen and oxygen atoms in total. The molecule has 1 aromatic carbocycles. The van der Waals surface area contributed by atoms with Gasteiger partial charge in [0.1, 0.15) is 0 Å². The van der Waals surface area contributed by atoms with E-state index in [0.29, 0.717) is 23.7 Å². The third-order valence-electron chi connectivity index (χ3n) is 7.42. The van der Waals surface area contributed by atoms with Crippen molar-refractivity contribution in [2.45, 2.75) is 58.4 Å². The van der Waals surface area contributed by atoms with E-state index in [1.165, 1.54) is 38.5 Å². The molecule has 0 saturated heterocycles. The Hall–Kier alpha value is -2.24. The van der Waals surface area contributed by atoms with E-state index in [4.69, 9.17) is 14.2 Å². The van der Waals surface area contributed by atoms with Crippen LogP contribution in [0.3, 0.4) is 0 Å². The lowest BCUT2D eigenvalue weighted by Gasteiger charge is -2.59. The highest BCUT2D eigenvalue weighted by molar-refractivity contribution is 5.92. The third-order valence-corrected chi connectivity index (χ3v) is 7.42. The number of amides is 1. The Morgan fingerprint density at radius 2 is 1.73 bits per heavy atom. The van der Waals surface area contributed by atoms with Crippen molar-refractivity contribution in [3.8, 4) is 11.5 Å². The molecule has 1 aromatic rings. The second kappa shape index (κ2) is 8.48. The molecule has 4 fully saturated rings. The summed E-state index contributed by atoms with van der Waals surface area (Å²) in [6.45, 7) is 4.18. The molecule has 30 heavy (non-hydrogen) atoms. The largest absolute Gasteiger partial charge is 0.493 e. The van der Waals surface area contributed by atoms with Crippen LogP contribution in [0.1, 0.15) is 62.7 Å². The molecule has 6 heteroatoms. The number of carbonyl (C=O) groups excluding carboxylic acids is 2. The number of rotatable bonds is 8.